The predicted octanol–water partition coefficient (Wildman–Crippen LogP) is 2.39. The van der Waals surface area contributed by atoms with Crippen molar-refractivity contribution in [2.45, 2.75) is 12.5 Å². The van der Waals surface area contributed by atoms with Crippen molar-refractivity contribution < 1.29 is 4.79 Å². The van der Waals surface area contributed by atoms with Crippen molar-refractivity contribution in [3.63, 3.8) is 0 Å². The summed E-state index contributed by atoms with van der Waals surface area (Å²) in [4.78, 5) is 18.9. The average molecular weight is 287 g/mol. The Morgan fingerprint density at radius 3 is 3.00 bits per heavy atom. The normalized spacial score (nSPS) is 18.4. The highest BCUT2D eigenvalue weighted by atomic mass is 32.2. The lowest BCUT2D eigenvalue weighted by molar-refractivity contribution is 0.0750. The lowest BCUT2D eigenvalue weighted by atomic mass is 10.1. The molecule has 1 unspecified atom stereocenters. The maximum atomic E-state index is 12.7. The third-order valence-electron chi connectivity index (χ3n) is 3.74. The van der Waals surface area contributed by atoms with E-state index in [4.69, 9.17) is 5.73 Å². The summed E-state index contributed by atoms with van der Waals surface area (Å²) in [7, 11) is 1.88. The van der Waals surface area contributed by atoms with Crippen LogP contribution in [0.5, 0.6) is 0 Å². The number of para-hydroxylation sites is 1. The number of fused-ring (bicyclic) bond motifs is 1. The molecular formula is C15H17N3OS. The number of anilines is 1. The van der Waals surface area contributed by atoms with Gasteiger partial charge in [0.15, 0.2) is 0 Å². The number of nitrogen functional groups attached to an aromatic ring is 1. The molecular weight excluding hydrogens is 270 g/mol. The van der Waals surface area contributed by atoms with Crippen molar-refractivity contribution in [3.8, 4) is 0 Å². The third-order valence-corrected chi connectivity index (χ3v) is 4.88. The first-order chi connectivity index (χ1) is 9.66. The van der Waals surface area contributed by atoms with Gasteiger partial charge in [0.2, 0.25) is 0 Å². The number of rotatable bonds is 2. The Labute approximate surface area is 122 Å². The Hall–Kier alpha value is -1.75. The molecule has 1 aromatic heterocycles. The molecule has 1 aliphatic rings. The van der Waals surface area contributed by atoms with Gasteiger partial charge in [0.05, 0.1) is 11.1 Å². The van der Waals surface area contributed by atoms with E-state index in [0.29, 0.717) is 17.4 Å². The summed E-state index contributed by atoms with van der Waals surface area (Å²) >= 11 is 1.90. The van der Waals surface area contributed by atoms with Crippen LogP contribution >= 0.6 is 11.8 Å². The van der Waals surface area contributed by atoms with Gasteiger partial charge in [0, 0.05) is 24.2 Å². The lowest BCUT2D eigenvalue weighted by Crippen LogP contribution is -2.37. The molecule has 0 radical (unpaired) electrons. The summed E-state index contributed by atoms with van der Waals surface area (Å²) in [5.74, 6) is 2.56. The number of thioether (sulfide) groups is 1. The Balaban J connectivity index is 2.02. The SMILES string of the molecule is CN(C(=O)c1cc(N)nc2ccccc12)C1CCSC1. The standard InChI is InChI=1S/C15H17N3OS/c1-18(10-6-7-20-9-10)15(19)12-8-14(16)17-13-5-3-2-4-11(12)13/h2-5,8,10H,6-7,9H2,1H3,(H2,16,17). The number of pyridine rings is 1. The van der Waals surface area contributed by atoms with E-state index in [2.05, 4.69) is 4.98 Å². The first kappa shape index (κ1) is 13.2. The first-order valence-electron chi connectivity index (χ1n) is 6.67. The second kappa shape index (κ2) is 5.32. The van der Waals surface area contributed by atoms with Crippen molar-refractivity contribution >= 4 is 34.4 Å². The summed E-state index contributed by atoms with van der Waals surface area (Å²) in [6.07, 6.45) is 1.06. The molecule has 3 rings (SSSR count). The van der Waals surface area contributed by atoms with E-state index in [9.17, 15) is 4.79 Å². The highest BCUT2D eigenvalue weighted by Crippen LogP contribution is 2.25. The summed E-state index contributed by atoms with van der Waals surface area (Å²) in [6.45, 7) is 0. The first-order valence-corrected chi connectivity index (χ1v) is 7.82. The van der Waals surface area contributed by atoms with E-state index in [1.807, 2.05) is 48.0 Å². The molecule has 1 aliphatic heterocycles. The molecule has 2 aromatic rings. The molecule has 0 spiro atoms. The van der Waals surface area contributed by atoms with Crippen LogP contribution in [-0.4, -0.2) is 40.4 Å². The van der Waals surface area contributed by atoms with Crippen LogP contribution in [0.15, 0.2) is 30.3 Å². The van der Waals surface area contributed by atoms with Crippen LogP contribution in [0.4, 0.5) is 5.82 Å². The smallest absolute Gasteiger partial charge is 0.254 e. The van der Waals surface area contributed by atoms with Gasteiger partial charge in [-0.1, -0.05) is 18.2 Å². The molecule has 20 heavy (non-hydrogen) atoms. The van der Waals surface area contributed by atoms with Gasteiger partial charge in [-0.05, 0) is 24.3 Å². The zero-order valence-corrected chi connectivity index (χ0v) is 12.2. The quantitative estimate of drug-likeness (QED) is 0.921. The Morgan fingerprint density at radius 1 is 1.45 bits per heavy atom. The van der Waals surface area contributed by atoms with Crippen molar-refractivity contribution in [1.82, 2.24) is 9.88 Å². The van der Waals surface area contributed by atoms with Gasteiger partial charge in [0.1, 0.15) is 5.82 Å². The topological polar surface area (TPSA) is 59.2 Å². The number of carbonyl (C=O) groups is 1. The molecule has 2 heterocycles. The molecule has 0 aliphatic carbocycles. The van der Waals surface area contributed by atoms with Crippen LogP contribution in [0.1, 0.15) is 16.8 Å². The van der Waals surface area contributed by atoms with Crippen molar-refractivity contribution in [2.24, 2.45) is 0 Å². The van der Waals surface area contributed by atoms with Crippen LogP contribution < -0.4 is 5.73 Å². The molecule has 0 saturated carbocycles. The van der Waals surface area contributed by atoms with Gasteiger partial charge < -0.3 is 10.6 Å². The lowest BCUT2D eigenvalue weighted by Gasteiger charge is -2.24. The number of benzene rings is 1. The Morgan fingerprint density at radius 2 is 2.25 bits per heavy atom. The molecule has 1 aromatic carbocycles. The van der Waals surface area contributed by atoms with Gasteiger partial charge >= 0.3 is 0 Å². The van der Waals surface area contributed by atoms with Gasteiger partial charge in [-0.15, -0.1) is 0 Å². The number of carbonyl (C=O) groups excluding carboxylic acids is 1. The van der Waals surface area contributed by atoms with Crippen LogP contribution in [0.25, 0.3) is 10.9 Å². The number of hydrogen-bond donors (Lipinski definition) is 1. The average Bonchev–Trinajstić information content (AvgIpc) is 2.99. The summed E-state index contributed by atoms with van der Waals surface area (Å²) < 4.78 is 0. The highest BCUT2D eigenvalue weighted by Gasteiger charge is 2.25. The van der Waals surface area contributed by atoms with E-state index in [0.717, 1.165) is 28.8 Å². The van der Waals surface area contributed by atoms with E-state index in [1.54, 1.807) is 6.07 Å². The fourth-order valence-corrected chi connectivity index (χ4v) is 3.82. The minimum Gasteiger partial charge on any atom is -0.384 e. The molecule has 5 heteroatoms. The fourth-order valence-electron chi connectivity index (χ4n) is 2.56. The second-order valence-electron chi connectivity index (χ2n) is 5.05. The van der Waals surface area contributed by atoms with Crippen LogP contribution in [0, 0.1) is 0 Å². The van der Waals surface area contributed by atoms with Gasteiger partial charge in [-0.2, -0.15) is 11.8 Å². The number of nitrogens with zero attached hydrogens (tertiary/aromatic N) is 2. The summed E-state index contributed by atoms with van der Waals surface area (Å²) in [6, 6.07) is 9.63. The highest BCUT2D eigenvalue weighted by molar-refractivity contribution is 7.99. The van der Waals surface area contributed by atoms with E-state index in [1.165, 1.54) is 0 Å². The number of aromatic nitrogens is 1. The van der Waals surface area contributed by atoms with Crippen LogP contribution in [0.2, 0.25) is 0 Å². The molecule has 104 valence electrons. The van der Waals surface area contributed by atoms with Crippen LogP contribution in [0.3, 0.4) is 0 Å². The molecule has 1 saturated heterocycles. The van der Waals surface area contributed by atoms with Gasteiger partial charge in [0.25, 0.3) is 5.91 Å². The largest absolute Gasteiger partial charge is 0.384 e. The third kappa shape index (κ3) is 2.33. The number of nitrogens with two attached hydrogens (primary N) is 1. The van der Waals surface area contributed by atoms with E-state index < -0.39 is 0 Å². The maximum absolute atomic E-state index is 12.7. The maximum Gasteiger partial charge on any atom is 0.254 e. The molecule has 0 bridgehead atoms. The zero-order chi connectivity index (χ0) is 14.1. The monoisotopic (exact) mass is 287 g/mol. The number of hydrogen-bond acceptors (Lipinski definition) is 4. The van der Waals surface area contributed by atoms with E-state index >= 15 is 0 Å². The van der Waals surface area contributed by atoms with Crippen molar-refractivity contribution in [2.75, 3.05) is 24.3 Å². The Kier molecular flexibility index (Phi) is 3.53. The van der Waals surface area contributed by atoms with Gasteiger partial charge in [-0.25, -0.2) is 4.98 Å². The molecule has 1 amide bonds. The fraction of sp³-hybridized carbons (Fsp3) is 0.333. The molecule has 4 nitrogen and oxygen atoms in total. The predicted molar refractivity (Wildman–Crippen MR) is 84.0 cm³/mol. The van der Waals surface area contributed by atoms with Crippen LogP contribution in [-0.2, 0) is 0 Å². The van der Waals surface area contributed by atoms with Crippen molar-refractivity contribution in [3.05, 3.63) is 35.9 Å². The summed E-state index contributed by atoms with van der Waals surface area (Å²) in [5.41, 5.74) is 7.24. The number of amides is 1. The minimum atomic E-state index is 0.0304. The second-order valence-corrected chi connectivity index (χ2v) is 6.20. The molecule has 1 atom stereocenters. The zero-order valence-electron chi connectivity index (χ0n) is 11.4. The summed E-state index contributed by atoms with van der Waals surface area (Å²) in [5, 5.41) is 0.865. The molecule has 1 fully saturated rings. The van der Waals surface area contributed by atoms with Crippen molar-refractivity contribution in [1.29, 1.82) is 0 Å². The minimum absolute atomic E-state index is 0.0304. The Bertz CT molecular complexity index is 653. The molecule has 2 N–H and O–H groups in total. The van der Waals surface area contributed by atoms with E-state index in [-0.39, 0.29) is 5.91 Å². The van der Waals surface area contributed by atoms with Gasteiger partial charge in [-0.3, -0.25) is 4.79 Å².